The molecule has 29 heavy (non-hydrogen) atoms. The van der Waals surface area contributed by atoms with E-state index in [9.17, 15) is 9.59 Å². The maximum atomic E-state index is 12.6. The van der Waals surface area contributed by atoms with Crippen LogP contribution in [0.25, 0.3) is 0 Å². The second-order valence-corrected chi connectivity index (χ2v) is 7.35. The van der Waals surface area contributed by atoms with E-state index in [4.69, 9.17) is 16.3 Å². The van der Waals surface area contributed by atoms with Crippen molar-refractivity contribution in [2.24, 2.45) is 0 Å². The number of anilines is 2. The summed E-state index contributed by atoms with van der Waals surface area (Å²) in [5.74, 6) is 0.169. The lowest BCUT2D eigenvalue weighted by Crippen LogP contribution is -2.39. The predicted molar refractivity (Wildman–Crippen MR) is 118 cm³/mol. The number of carbonyl (C=O) groups is 2. The molecule has 2 N–H and O–H groups in total. The van der Waals surface area contributed by atoms with Crippen molar-refractivity contribution in [2.45, 2.75) is 27.2 Å². The van der Waals surface area contributed by atoms with E-state index < -0.39 is 0 Å². The number of nitrogens with one attached hydrogen (secondary N) is 2. The van der Waals surface area contributed by atoms with Crippen LogP contribution < -0.4 is 15.4 Å². The monoisotopic (exact) mass is 417 g/mol. The van der Waals surface area contributed by atoms with Crippen LogP contribution in [0.4, 0.5) is 11.4 Å². The summed E-state index contributed by atoms with van der Waals surface area (Å²) in [7, 11) is 1.55. The fourth-order valence-electron chi connectivity index (χ4n) is 3.13. The van der Waals surface area contributed by atoms with Gasteiger partial charge in [-0.05, 0) is 56.1 Å². The molecule has 0 saturated heterocycles. The van der Waals surface area contributed by atoms with E-state index in [2.05, 4.69) is 10.6 Å². The fourth-order valence-corrected chi connectivity index (χ4v) is 3.50. The van der Waals surface area contributed by atoms with Gasteiger partial charge < -0.3 is 15.4 Å². The Morgan fingerprint density at radius 2 is 1.72 bits per heavy atom. The van der Waals surface area contributed by atoms with E-state index in [-0.39, 0.29) is 24.9 Å². The lowest BCUT2D eigenvalue weighted by atomic mass is 10.1. The highest BCUT2D eigenvalue weighted by molar-refractivity contribution is 6.34. The molecule has 0 aliphatic carbocycles. The van der Waals surface area contributed by atoms with E-state index in [1.165, 1.54) is 0 Å². The molecular weight excluding hydrogens is 390 g/mol. The second-order valence-electron chi connectivity index (χ2n) is 6.95. The molecule has 156 valence electrons. The van der Waals surface area contributed by atoms with Crippen LogP contribution in [0, 0.1) is 13.8 Å². The molecule has 0 aliphatic heterocycles. The average molecular weight is 418 g/mol. The number of aryl methyl sites for hydroxylation is 2. The minimum atomic E-state index is -0.211. The summed E-state index contributed by atoms with van der Waals surface area (Å²) in [4.78, 5) is 26.9. The third-order valence-electron chi connectivity index (χ3n) is 4.35. The highest BCUT2D eigenvalue weighted by Gasteiger charge is 2.17. The number of hydrogen-bond acceptors (Lipinski definition) is 4. The van der Waals surface area contributed by atoms with Gasteiger partial charge in [-0.1, -0.05) is 36.7 Å². The molecule has 6 nitrogen and oxygen atoms in total. The molecule has 0 bridgehead atoms. The van der Waals surface area contributed by atoms with Crippen LogP contribution in [0.3, 0.4) is 0 Å². The Hall–Kier alpha value is -2.57. The van der Waals surface area contributed by atoms with Crippen LogP contribution in [0.5, 0.6) is 5.75 Å². The number of benzene rings is 2. The quantitative estimate of drug-likeness (QED) is 0.639. The van der Waals surface area contributed by atoms with Crippen LogP contribution in [0.2, 0.25) is 5.02 Å². The summed E-state index contributed by atoms with van der Waals surface area (Å²) in [6.07, 6.45) is 0.819. The normalized spacial score (nSPS) is 10.7. The molecule has 0 fully saturated rings. The van der Waals surface area contributed by atoms with Gasteiger partial charge in [0.25, 0.3) is 0 Å². The smallest absolute Gasteiger partial charge is 0.238 e. The van der Waals surface area contributed by atoms with E-state index in [1.807, 2.05) is 45.0 Å². The maximum absolute atomic E-state index is 12.6. The molecule has 2 aromatic rings. The lowest BCUT2D eigenvalue weighted by molar-refractivity contribution is -0.120. The third-order valence-corrected chi connectivity index (χ3v) is 4.65. The Morgan fingerprint density at radius 1 is 1.07 bits per heavy atom. The summed E-state index contributed by atoms with van der Waals surface area (Å²) in [6, 6.07) is 11.0. The van der Waals surface area contributed by atoms with E-state index >= 15 is 0 Å². The van der Waals surface area contributed by atoms with Gasteiger partial charge in [-0.15, -0.1) is 0 Å². The SMILES string of the molecule is CCCN(CC(=O)Nc1ccccc1OC)CC(=O)Nc1c(C)cc(C)cc1Cl. The molecule has 0 spiro atoms. The molecule has 0 atom stereocenters. The number of ether oxygens (including phenoxy) is 1. The molecule has 0 aromatic heterocycles. The lowest BCUT2D eigenvalue weighted by Gasteiger charge is -2.21. The molecule has 0 radical (unpaired) electrons. The number of amides is 2. The average Bonchev–Trinajstić information content (AvgIpc) is 2.65. The maximum Gasteiger partial charge on any atom is 0.238 e. The van der Waals surface area contributed by atoms with Crippen molar-refractivity contribution in [3.8, 4) is 5.75 Å². The molecule has 0 aliphatic rings. The Kier molecular flexibility index (Phi) is 8.49. The summed E-state index contributed by atoms with van der Waals surface area (Å²) in [5, 5.41) is 6.22. The van der Waals surface area contributed by atoms with Gasteiger partial charge >= 0.3 is 0 Å². The van der Waals surface area contributed by atoms with Gasteiger partial charge in [-0.3, -0.25) is 14.5 Å². The van der Waals surface area contributed by atoms with Crippen molar-refractivity contribution in [1.82, 2.24) is 4.90 Å². The predicted octanol–water partition coefficient (Wildman–Crippen LogP) is 4.25. The zero-order valence-electron chi connectivity index (χ0n) is 17.3. The number of nitrogens with zero attached hydrogens (tertiary/aromatic N) is 1. The third kappa shape index (κ3) is 6.76. The molecule has 0 heterocycles. The van der Waals surface area contributed by atoms with Crippen LogP contribution in [-0.4, -0.2) is 43.5 Å². The van der Waals surface area contributed by atoms with Gasteiger partial charge in [0.15, 0.2) is 0 Å². The Labute approximate surface area is 177 Å². The molecule has 2 aromatic carbocycles. The van der Waals surface area contributed by atoms with Crippen molar-refractivity contribution in [2.75, 3.05) is 37.4 Å². The first-order chi connectivity index (χ1) is 13.8. The summed E-state index contributed by atoms with van der Waals surface area (Å²) < 4.78 is 5.26. The van der Waals surface area contributed by atoms with Crippen molar-refractivity contribution in [3.63, 3.8) is 0 Å². The van der Waals surface area contributed by atoms with Crippen molar-refractivity contribution < 1.29 is 14.3 Å². The van der Waals surface area contributed by atoms with Crippen LogP contribution >= 0.6 is 11.6 Å². The zero-order valence-corrected chi connectivity index (χ0v) is 18.1. The first-order valence-corrected chi connectivity index (χ1v) is 9.93. The number of rotatable bonds is 9. The Morgan fingerprint density at radius 3 is 2.34 bits per heavy atom. The van der Waals surface area contributed by atoms with Crippen LogP contribution in [0.1, 0.15) is 24.5 Å². The summed E-state index contributed by atoms with van der Waals surface area (Å²) in [5.41, 5.74) is 3.14. The standard InChI is InChI=1S/C22H28ClN3O3/c1-5-10-26(13-20(27)24-18-8-6-7-9-19(18)29-4)14-21(28)25-22-16(3)11-15(2)12-17(22)23/h6-9,11-12H,5,10,13-14H2,1-4H3,(H,24,27)(H,25,28). The molecule has 0 unspecified atom stereocenters. The van der Waals surface area contributed by atoms with Crippen molar-refractivity contribution in [1.29, 1.82) is 0 Å². The fraction of sp³-hybridized carbons (Fsp3) is 0.364. The molecule has 7 heteroatoms. The minimum Gasteiger partial charge on any atom is -0.495 e. The Balaban J connectivity index is 2.00. The van der Waals surface area contributed by atoms with Gasteiger partial charge in [0.05, 0.1) is 36.6 Å². The Bertz CT molecular complexity index is 847. The molecule has 2 rings (SSSR count). The summed E-state index contributed by atoms with van der Waals surface area (Å²) in [6.45, 7) is 6.67. The zero-order chi connectivity index (χ0) is 21.4. The second kappa shape index (κ2) is 10.8. The first kappa shape index (κ1) is 22.7. The molecule has 0 saturated carbocycles. The van der Waals surface area contributed by atoms with Gasteiger partial charge in [0, 0.05) is 0 Å². The molecular formula is C22H28ClN3O3. The number of methoxy groups -OCH3 is 1. The van der Waals surface area contributed by atoms with Gasteiger partial charge in [-0.25, -0.2) is 0 Å². The van der Waals surface area contributed by atoms with Crippen LogP contribution in [0.15, 0.2) is 36.4 Å². The van der Waals surface area contributed by atoms with E-state index in [0.717, 1.165) is 17.5 Å². The van der Waals surface area contributed by atoms with Gasteiger partial charge in [0.1, 0.15) is 5.75 Å². The van der Waals surface area contributed by atoms with E-state index in [1.54, 1.807) is 24.1 Å². The molecule has 2 amide bonds. The number of carbonyl (C=O) groups excluding carboxylic acids is 2. The van der Waals surface area contributed by atoms with E-state index in [0.29, 0.717) is 28.7 Å². The number of hydrogen-bond donors (Lipinski definition) is 2. The van der Waals surface area contributed by atoms with Crippen molar-refractivity contribution >= 4 is 34.8 Å². The van der Waals surface area contributed by atoms with Gasteiger partial charge in [0.2, 0.25) is 11.8 Å². The topological polar surface area (TPSA) is 70.7 Å². The largest absolute Gasteiger partial charge is 0.495 e. The number of halogens is 1. The van der Waals surface area contributed by atoms with Crippen LogP contribution in [-0.2, 0) is 9.59 Å². The highest BCUT2D eigenvalue weighted by Crippen LogP contribution is 2.27. The summed E-state index contributed by atoms with van der Waals surface area (Å²) >= 11 is 6.28. The minimum absolute atomic E-state index is 0.0941. The van der Waals surface area contributed by atoms with Crippen molar-refractivity contribution in [3.05, 3.63) is 52.5 Å². The van der Waals surface area contributed by atoms with Gasteiger partial charge in [-0.2, -0.15) is 0 Å². The first-order valence-electron chi connectivity index (χ1n) is 9.55. The number of para-hydroxylation sites is 2. The highest BCUT2D eigenvalue weighted by atomic mass is 35.5.